The van der Waals surface area contributed by atoms with Crippen molar-refractivity contribution in [2.45, 2.75) is 13.0 Å². The Kier molecular flexibility index (Phi) is 5.52. The molecule has 3 N–H and O–H groups in total. The monoisotopic (exact) mass is 440 g/mol. The molecular formula is C20H21BrN6O. The number of hydrogen-bond acceptors (Lipinski definition) is 6. The first-order valence-electron chi connectivity index (χ1n) is 9.05. The Balaban J connectivity index is 1.71. The van der Waals surface area contributed by atoms with Gasteiger partial charge in [0.2, 0.25) is 0 Å². The second-order valence-electron chi connectivity index (χ2n) is 6.49. The zero-order valence-corrected chi connectivity index (χ0v) is 17.1. The lowest BCUT2D eigenvalue weighted by atomic mass is 10.1. The summed E-state index contributed by atoms with van der Waals surface area (Å²) in [4.78, 5) is 9.38. The molecule has 28 heavy (non-hydrogen) atoms. The van der Waals surface area contributed by atoms with Crippen molar-refractivity contribution in [2.24, 2.45) is 0 Å². The fraction of sp³-hybridized carbons (Fsp3) is 0.250. The van der Waals surface area contributed by atoms with Gasteiger partial charge in [0.1, 0.15) is 5.82 Å². The van der Waals surface area contributed by atoms with Gasteiger partial charge in [-0.05, 0) is 41.0 Å². The summed E-state index contributed by atoms with van der Waals surface area (Å²) >= 11 is 3.56. The van der Waals surface area contributed by atoms with Gasteiger partial charge in [-0.25, -0.2) is 4.98 Å². The fourth-order valence-corrected chi connectivity index (χ4v) is 3.53. The predicted molar refractivity (Wildman–Crippen MR) is 114 cm³/mol. The number of para-hydroxylation sites is 1. The molecule has 1 aromatic carbocycles. The third-order valence-corrected chi connectivity index (χ3v) is 5.45. The largest absolute Gasteiger partial charge is 0.385 e. The molecule has 0 saturated heterocycles. The summed E-state index contributed by atoms with van der Waals surface area (Å²) in [5, 5.41) is 8.88. The quantitative estimate of drug-likeness (QED) is 0.427. The number of nitrogen functional groups attached to an aromatic ring is 1. The molecule has 0 fully saturated rings. The number of hydrogen-bond donors (Lipinski definition) is 2. The molecule has 0 aliphatic heterocycles. The van der Waals surface area contributed by atoms with Gasteiger partial charge in [0, 0.05) is 43.0 Å². The maximum absolute atomic E-state index is 6.30. The number of nitrogens with one attached hydrogen (secondary N) is 1. The van der Waals surface area contributed by atoms with Crippen LogP contribution >= 0.6 is 15.9 Å². The molecule has 3 heterocycles. The van der Waals surface area contributed by atoms with Crippen LogP contribution in [0, 0.1) is 0 Å². The van der Waals surface area contributed by atoms with Crippen LogP contribution in [-0.2, 0) is 11.3 Å². The molecule has 0 saturated carbocycles. The highest BCUT2D eigenvalue weighted by Gasteiger charge is 2.16. The highest BCUT2D eigenvalue weighted by atomic mass is 79.9. The molecule has 0 atom stereocenters. The summed E-state index contributed by atoms with van der Waals surface area (Å²) < 4.78 is 7.49. The van der Waals surface area contributed by atoms with Crippen LogP contribution in [0.4, 0.5) is 5.82 Å². The van der Waals surface area contributed by atoms with E-state index in [4.69, 9.17) is 15.5 Å². The lowest BCUT2D eigenvalue weighted by Crippen LogP contribution is -2.18. The molecule has 4 rings (SSSR count). The summed E-state index contributed by atoms with van der Waals surface area (Å²) in [6.45, 7) is 2.17. The van der Waals surface area contributed by atoms with Gasteiger partial charge in [0.15, 0.2) is 5.65 Å². The Morgan fingerprint density at radius 2 is 2.11 bits per heavy atom. The smallest absolute Gasteiger partial charge is 0.165 e. The van der Waals surface area contributed by atoms with E-state index in [1.165, 1.54) is 0 Å². The summed E-state index contributed by atoms with van der Waals surface area (Å²) in [5.74, 6) is 0.527. The zero-order chi connectivity index (χ0) is 19.5. The first-order chi connectivity index (χ1) is 13.7. The highest BCUT2D eigenvalue weighted by Crippen LogP contribution is 2.30. The lowest BCUT2D eigenvalue weighted by Gasteiger charge is -2.10. The van der Waals surface area contributed by atoms with E-state index in [2.05, 4.69) is 37.4 Å². The maximum atomic E-state index is 6.30. The Morgan fingerprint density at radius 1 is 1.25 bits per heavy atom. The number of nitrogens with two attached hydrogens (primary N) is 1. The van der Waals surface area contributed by atoms with Gasteiger partial charge in [-0.15, -0.1) is 0 Å². The zero-order valence-electron chi connectivity index (χ0n) is 15.5. The Hall–Kier alpha value is -2.55. The van der Waals surface area contributed by atoms with Gasteiger partial charge in [0.05, 0.1) is 21.9 Å². The molecule has 0 aliphatic rings. The summed E-state index contributed by atoms with van der Waals surface area (Å²) in [6, 6.07) is 10.1. The van der Waals surface area contributed by atoms with Crippen LogP contribution in [0.2, 0.25) is 0 Å². The van der Waals surface area contributed by atoms with Crippen LogP contribution in [0.15, 0.2) is 47.2 Å². The number of ether oxygens (including phenoxy) is 1. The number of benzene rings is 1. The minimum absolute atomic E-state index is 0.527. The molecule has 3 aromatic heterocycles. The van der Waals surface area contributed by atoms with E-state index in [1.807, 2.05) is 30.5 Å². The number of aromatic nitrogens is 4. The molecule has 7 nitrogen and oxygen atoms in total. The van der Waals surface area contributed by atoms with Crippen molar-refractivity contribution >= 4 is 38.3 Å². The maximum Gasteiger partial charge on any atom is 0.165 e. The minimum Gasteiger partial charge on any atom is -0.385 e. The van der Waals surface area contributed by atoms with Crippen LogP contribution in [0.5, 0.6) is 0 Å². The van der Waals surface area contributed by atoms with Gasteiger partial charge < -0.3 is 15.8 Å². The number of methoxy groups -OCH3 is 1. The third-order valence-electron chi connectivity index (χ3n) is 4.59. The fourth-order valence-electron chi connectivity index (χ4n) is 3.13. The molecule has 0 bridgehead atoms. The topological polar surface area (TPSA) is 90.4 Å². The van der Waals surface area contributed by atoms with E-state index in [-0.39, 0.29) is 0 Å². The van der Waals surface area contributed by atoms with Gasteiger partial charge in [-0.3, -0.25) is 4.98 Å². The molecule has 0 spiro atoms. The number of nitrogens with zero attached hydrogens (tertiary/aromatic N) is 4. The van der Waals surface area contributed by atoms with E-state index in [1.54, 1.807) is 17.8 Å². The van der Waals surface area contributed by atoms with Crippen LogP contribution in [0.25, 0.3) is 27.7 Å². The van der Waals surface area contributed by atoms with Crippen LogP contribution in [0.3, 0.4) is 0 Å². The van der Waals surface area contributed by atoms with Gasteiger partial charge in [0.25, 0.3) is 0 Å². The summed E-state index contributed by atoms with van der Waals surface area (Å²) in [7, 11) is 1.70. The van der Waals surface area contributed by atoms with Crippen LogP contribution in [-0.4, -0.2) is 39.8 Å². The first kappa shape index (κ1) is 18.8. The molecule has 0 unspecified atom stereocenters. The van der Waals surface area contributed by atoms with E-state index < -0.39 is 0 Å². The molecule has 8 heteroatoms. The van der Waals surface area contributed by atoms with E-state index >= 15 is 0 Å². The Labute approximate surface area is 171 Å². The molecular weight excluding hydrogens is 420 g/mol. The molecule has 0 amide bonds. The van der Waals surface area contributed by atoms with Crippen molar-refractivity contribution in [3.8, 4) is 11.1 Å². The van der Waals surface area contributed by atoms with Gasteiger partial charge in [-0.2, -0.15) is 9.61 Å². The van der Waals surface area contributed by atoms with E-state index in [9.17, 15) is 0 Å². The number of pyridine rings is 1. The highest BCUT2D eigenvalue weighted by molar-refractivity contribution is 9.10. The van der Waals surface area contributed by atoms with Gasteiger partial charge in [-0.1, -0.05) is 18.2 Å². The predicted octanol–water partition coefficient (Wildman–Crippen LogP) is 3.42. The molecule has 144 valence electrons. The van der Waals surface area contributed by atoms with E-state index in [0.29, 0.717) is 18.0 Å². The number of halogens is 1. The second-order valence-corrected chi connectivity index (χ2v) is 7.28. The van der Waals surface area contributed by atoms with E-state index in [0.717, 1.165) is 51.8 Å². The second kappa shape index (κ2) is 8.22. The SMILES string of the molecule is COCCCNCc1nc2c(-c3cnc4ccccc4c3)cnn2c(N)c1Br. The normalized spacial score (nSPS) is 11.5. The van der Waals surface area contributed by atoms with Crippen LogP contribution < -0.4 is 11.1 Å². The van der Waals surface area contributed by atoms with Crippen LogP contribution in [0.1, 0.15) is 12.1 Å². The molecule has 4 aromatic rings. The first-order valence-corrected chi connectivity index (χ1v) is 9.84. The molecule has 0 radical (unpaired) electrons. The lowest BCUT2D eigenvalue weighted by molar-refractivity contribution is 0.194. The van der Waals surface area contributed by atoms with Crippen molar-refractivity contribution in [2.75, 3.05) is 26.0 Å². The minimum atomic E-state index is 0.527. The van der Waals surface area contributed by atoms with Crippen molar-refractivity contribution in [3.63, 3.8) is 0 Å². The Bertz CT molecular complexity index is 1130. The molecule has 0 aliphatic carbocycles. The Morgan fingerprint density at radius 3 is 2.96 bits per heavy atom. The number of fused-ring (bicyclic) bond motifs is 2. The number of anilines is 1. The van der Waals surface area contributed by atoms with Gasteiger partial charge >= 0.3 is 0 Å². The summed E-state index contributed by atoms with van der Waals surface area (Å²) in [5.41, 5.74) is 10.7. The summed E-state index contributed by atoms with van der Waals surface area (Å²) in [6.07, 6.45) is 4.57. The van der Waals surface area contributed by atoms with Crippen molar-refractivity contribution in [3.05, 3.63) is 52.9 Å². The third kappa shape index (κ3) is 3.58. The van der Waals surface area contributed by atoms with Crippen molar-refractivity contribution in [1.29, 1.82) is 0 Å². The van der Waals surface area contributed by atoms with Crippen molar-refractivity contribution in [1.82, 2.24) is 24.9 Å². The number of rotatable bonds is 7. The average molecular weight is 441 g/mol. The average Bonchev–Trinajstić information content (AvgIpc) is 3.15. The van der Waals surface area contributed by atoms with Crippen molar-refractivity contribution < 1.29 is 4.74 Å². The standard InChI is InChI=1S/C20H21BrN6O/c1-28-8-4-7-23-12-17-18(21)19(22)27-20(26-17)15(11-25-27)14-9-13-5-2-3-6-16(13)24-10-14/h2-3,5-6,9-11,23H,4,7-8,12,22H2,1H3.